The molecule has 0 bridgehead atoms. The summed E-state index contributed by atoms with van der Waals surface area (Å²) in [6.45, 7) is 0.0597. The Morgan fingerprint density at radius 3 is 2.65 bits per heavy atom. The van der Waals surface area contributed by atoms with Crippen molar-refractivity contribution >= 4 is 42.1 Å². The van der Waals surface area contributed by atoms with Crippen molar-refractivity contribution in [3.8, 4) is 10.6 Å². The van der Waals surface area contributed by atoms with Crippen LogP contribution in [0.25, 0.3) is 10.6 Å². The van der Waals surface area contributed by atoms with Gasteiger partial charge in [-0.2, -0.15) is 5.10 Å². The Labute approximate surface area is 148 Å². The van der Waals surface area contributed by atoms with Crippen molar-refractivity contribution in [3.63, 3.8) is 0 Å². The van der Waals surface area contributed by atoms with Gasteiger partial charge in [0.2, 0.25) is 0 Å². The number of aryl methyl sites for hydroxylation is 2. The first-order valence-electron chi connectivity index (χ1n) is 6.15. The first-order valence-corrected chi connectivity index (χ1v) is 6.96. The molecule has 0 atom stereocenters. The van der Waals surface area contributed by atoms with Gasteiger partial charge < -0.3 is 11.1 Å². The number of thiazole rings is 1. The number of halogens is 4. The lowest BCUT2D eigenvalue weighted by molar-refractivity contribution is 0.0119. The maximum atomic E-state index is 13.0. The molecule has 0 aliphatic carbocycles. The summed E-state index contributed by atoms with van der Waals surface area (Å²) in [6.07, 6.45) is 3.39. The van der Waals surface area contributed by atoms with E-state index in [0.29, 0.717) is 15.6 Å². The fourth-order valence-electron chi connectivity index (χ4n) is 1.62. The molecule has 11 heteroatoms. The summed E-state index contributed by atoms with van der Waals surface area (Å²) < 4.78 is 27.7. The zero-order valence-electron chi connectivity index (χ0n) is 12.4. The van der Waals surface area contributed by atoms with E-state index in [-0.39, 0.29) is 24.8 Å². The van der Waals surface area contributed by atoms with Crippen molar-refractivity contribution < 1.29 is 13.6 Å². The number of rotatable bonds is 5. The average Bonchev–Trinajstić information content (AvgIpc) is 3.02. The molecule has 1 amide bonds. The van der Waals surface area contributed by atoms with Crippen molar-refractivity contribution in [3.05, 3.63) is 23.0 Å². The molecule has 3 N–H and O–H groups in total. The summed E-state index contributed by atoms with van der Waals surface area (Å²) in [5.41, 5.74) is 6.19. The molecule has 0 radical (unpaired) electrons. The van der Waals surface area contributed by atoms with E-state index in [1.165, 1.54) is 0 Å². The quantitative estimate of drug-likeness (QED) is 0.821. The Morgan fingerprint density at radius 1 is 1.48 bits per heavy atom. The monoisotopic (exact) mass is 387 g/mol. The summed E-state index contributed by atoms with van der Waals surface area (Å²) >= 11 is 1.14. The highest BCUT2D eigenvalue weighted by Crippen LogP contribution is 2.27. The van der Waals surface area contributed by atoms with Crippen LogP contribution in [-0.2, 0) is 7.05 Å². The van der Waals surface area contributed by atoms with E-state index >= 15 is 0 Å². The minimum Gasteiger partial charge on any atom is -0.345 e. The van der Waals surface area contributed by atoms with Crippen LogP contribution in [0.15, 0.2) is 12.4 Å². The van der Waals surface area contributed by atoms with E-state index in [4.69, 9.17) is 5.73 Å². The van der Waals surface area contributed by atoms with Gasteiger partial charge in [0.25, 0.3) is 11.8 Å². The molecule has 0 aliphatic rings. The lowest BCUT2D eigenvalue weighted by Crippen LogP contribution is -2.41. The van der Waals surface area contributed by atoms with Gasteiger partial charge in [-0.3, -0.25) is 9.48 Å². The van der Waals surface area contributed by atoms with Crippen LogP contribution in [0.5, 0.6) is 0 Å². The van der Waals surface area contributed by atoms with Crippen molar-refractivity contribution in [2.75, 3.05) is 13.1 Å². The number of aromatic nitrogens is 3. The Balaban J connectivity index is 0.00000242. The minimum absolute atomic E-state index is 0. The number of nitrogens with zero attached hydrogens (tertiary/aromatic N) is 3. The fraction of sp³-hybridized carbons (Fsp3) is 0.417. The Kier molecular flexibility index (Phi) is 8.05. The van der Waals surface area contributed by atoms with E-state index in [2.05, 4.69) is 15.4 Å². The third kappa shape index (κ3) is 5.38. The second-order valence-electron chi connectivity index (χ2n) is 4.58. The molecular weight excluding hydrogens is 371 g/mol. The molecule has 23 heavy (non-hydrogen) atoms. The van der Waals surface area contributed by atoms with Crippen LogP contribution in [0.3, 0.4) is 0 Å². The van der Waals surface area contributed by atoms with Crippen LogP contribution < -0.4 is 11.1 Å². The topological polar surface area (TPSA) is 85.8 Å². The molecule has 2 aromatic rings. The Bertz CT molecular complexity index is 662. The molecule has 130 valence electrons. The number of carbonyl (C=O) groups is 1. The van der Waals surface area contributed by atoms with E-state index < -0.39 is 24.9 Å². The zero-order valence-corrected chi connectivity index (χ0v) is 14.8. The number of nitrogens with two attached hydrogens (primary N) is 1. The highest BCUT2D eigenvalue weighted by Gasteiger charge is 2.28. The van der Waals surface area contributed by atoms with Gasteiger partial charge in [0.1, 0.15) is 9.88 Å². The molecule has 0 unspecified atom stereocenters. The molecule has 0 aromatic carbocycles. The highest BCUT2D eigenvalue weighted by molar-refractivity contribution is 7.17. The van der Waals surface area contributed by atoms with Gasteiger partial charge >= 0.3 is 0 Å². The molecule has 0 aliphatic heterocycles. The van der Waals surface area contributed by atoms with Crippen LogP contribution in [-0.4, -0.2) is 39.7 Å². The predicted molar refractivity (Wildman–Crippen MR) is 89.9 cm³/mol. The summed E-state index contributed by atoms with van der Waals surface area (Å²) in [6, 6.07) is 0. The smallest absolute Gasteiger partial charge is 0.277 e. The lowest BCUT2D eigenvalue weighted by atomic mass is 10.3. The van der Waals surface area contributed by atoms with Crippen LogP contribution >= 0.6 is 36.2 Å². The summed E-state index contributed by atoms with van der Waals surface area (Å²) in [5, 5.41) is 6.83. The third-order valence-electron chi connectivity index (χ3n) is 2.76. The average molecular weight is 388 g/mol. The molecule has 2 heterocycles. The fourth-order valence-corrected chi connectivity index (χ4v) is 2.58. The van der Waals surface area contributed by atoms with E-state index in [1.54, 1.807) is 31.0 Å². The molecule has 6 nitrogen and oxygen atoms in total. The Hall–Kier alpha value is -1.29. The van der Waals surface area contributed by atoms with Crippen LogP contribution in [0.1, 0.15) is 15.4 Å². The maximum absolute atomic E-state index is 13.0. The van der Waals surface area contributed by atoms with Gasteiger partial charge in [-0.05, 0) is 6.92 Å². The number of alkyl halides is 2. The van der Waals surface area contributed by atoms with Crippen molar-refractivity contribution in [2.24, 2.45) is 12.8 Å². The minimum atomic E-state index is -3.11. The van der Waals surface area contributed by atoms with Gasteiger partial charge in [0.05, 0.1) is 25.0 Å². The highest BCUT2D eigenvalue weighted by atomic mass is 35.5. The number of hydrogen-bond acceptors (Lipinski definition) is 5. The standard InChI is InChI=1S/C12H15F2N5OS.2ClH/c1-7-9(10(20)16-6-12(13,14)5-15)21-11(18-7)8-3-17-19(2)4-8;;/h3-4H,5-6,15H2,1-2H3,(H,16,20);2*1H. The number of carbonyl (C=O) groups excluding carboxylic acids is 1. The molecule has 0 spiro atoms. The molecule has 0 fully saturated rings. The maximum Gasteiger partial charge on any atom is 0.277 e. The van der Waals surface area contributed by atoms with Gasteiger partial charge in [-0.15, -0.1) is 36.2 Å². The first-order chi connectivity index (χ1) is 9.82. The lowest BCUT2D eigenvalue weighted by Gasteiger charge is -2.13. The summed E-state index contributed by atoms with van der Waals surface area (Å²) in [5.74, 6) is -3.69. The van der Waals surface area contributed by atoms with Crippen LogP contribution in [0.2, 0.25) is 0 Å². The number of nitrogens with one attached hydrogen (secondary N) is 1. The van der Waals surface area contributed by atoms with E-state index in [0.717, 1.165) is 16.9 Å². The largest absolute Gasteiger partial charge is 0.345 e. The molecule has 2 aromatic heterocycles. The van der Waals surface area contributed by atoms with Gasteiger partial charge in [-0.1, -0.05) is 0 Å². The van der Waals surface area contributed by atoms with Crippen LogP contribution in [0.4, 0.5) is 8.78 Å². The molecule has 0 saturated carbocycles. The third-order valence-corrected chi connectivity index (χ3v) is 3.97. The summed E-state index contributed by atoms with van der Waals surface area (Å²) in [7, 11) is 1.77. The van der Waals surface area contributed by atoms with Crippen molar-refractivity contribution in [2.45, 2.75) is 12.8 Å². The first kappa shape index (κ1) is 21.7. The van der Waals surface area contributed by atoms with Gasteiger partial charge in [-0.25, -0.2) is 13.8 Å². The summed E-state index contributed by atoms with van der Waals surface area (Å²) in [4.78, 5) is 16.5. The number of hydrogen-bond donors (Lipinski definition) is 2. The Morgan fingerprint density at radius 2 is 2.13 bits per heavy atom. The van der Waals surface area contributed by atoms with Crippen LogP contribution in [0, 0.1) is 6.92 Å². The van der Waals surface area contributed by atoms with Crippen molar-refractivity contribution in [1.29, 1.82) is 0 Å². The molecular formula is C12H17Cl2F2N5OS. The molecule has 0 saturated heterocycles. The predicted octanol–water partition coefficient (Wildman–Crippen LogP) is 2.02. The molecule has 2 rings (SSSR count). The van der Waals surface area contributed by atoms with E-state index in [9.17, 15) is 13.6 Å². The SMILES string of the molecule is Cc1nc(-c2cnn(C)c2)sc1C(=O)NCC(F)(F)CN.Cl.Cl. The van der Waals surface area contributed by atoms with Crippen molar-refractivity contribution in [1.82, 2.24) is 20.1 Å². The van der Waals surface area contributed by atoms with Gasteiger partial charge in [0, 0.05) is 18.8 Å². The zero-order chi connectivity index (χ0) is 15.6. The second kappa shape index (κ2) is 8.53. The number of amides is 1. The van der Waals surface area contributed by atoms with Gasteiger partial charge in [0.15, 0.2) is 0 Å². The normalized spacial score (nSPS) is 10.7. The second-order valence-corrected chi connectivity index (χ2v) is 5.58. The van der Waals surface area contributed by atoms with E-state index in [1.807, 2.05) is 0 Å².